The maximum atomic E-state index is 11.7. The van der Waals surface area contributed by atoms with Crippen molar-refractivity contribution < 1.29 is 19.8 Å². The number of piperidine rings is 1. The molecule has 23 heavy (non-hydrogen) atoms. The molecule has 0 atom stereocenters. The highest BCUT2D eigenvalue weighted by Crippen LogP contribution is 2.35. The number of carboxylic acids is 1. The fourth-order valence-corrected chi connectivity index (χ4v) is 3.43. The first-order valence-corrected chi connectivity index (χ1v) is 8.35. The Bertz CT molecular complexity index is 598. The number of amides is 1. The van der Waals surface area contributed by atoms with E-state index in [0.29, 0.717) is 25.8 Å². The predicted molar refractivity (Wildman–Crippen MR) is 90.9 cm³/mol. The third-order valence-electron chi connectivity index (χ3n) is 4.55. The van der Waals surface area contributed by atoms with Gasteiger partial charge in [-0.15, -0.1) is 0 Å². The van der Waals surface area contributed by atoms with E-state index >= 15 is 0 Å². The molecule has 1 aliphatic rings. The van der Waals surface area contributed by atoms with Crippen LogP contribution in [0.1, 0.15) is 24.8 Å². The molecule has 6 nitrogen and oxygen atoms in total. The van der Waals surface area contributed by atoms with Crippen LogP contribution in [0, 0.1) is 12.3 Å². The molecule has 1 amide bonds. The highest BCUT2D eigenvalue weighted by molar-refractivity contribution is 9.10. The Hall–Kier alpha value is -1.76. The molecular weight excluding hydrogens is 364 g/mol. The Balaban J connectivity index is 1.96. The van der Waals surface area contributed by atoms with Gasteiger partial charge in [0.1, 0.15) is 0 Å². The first-order valence-electron chi connectivity index (χ1n) is 7.55. The van der Waals surface area contributed by atoms with Gasteiger partial charge in [-0.1, -0.05) is 15.9 Å². The molecule has 0 bridgehead atoms. The number of aliphatic carboxylic acids is 1. The molecule has 0 aromatic heterocycles. The molecule has 1 heterocycles. The molecule has 7 heteroatoms. The van der Waals surface area contributed by atoms with Gasteiger partial charge in [0, 0.05) is 29.8 Å². The molecule has 0 saturated carbocycles. The van der Waals surface area contributed by atoms with Crippen molar-refractivity contribution in [2.75, 3.05) is 25.0 Å². The number of nitrogens with zero attached hydrogens (tertiary/aromatic N) is 1. The lowest BCUT2D eigenvalue weighted by Crippen LogP contribution is -2.46. The number of aryl methyl sites for hydroxylation is 1. The van der Waals surface area contributed by atoms with E-state index < -0.39 is 17.5 Å². The topological polar surface area (TPSA) is 89.9 Å². The van der Waals surface area contributed by atoms with Crippen LogP contribution in [0.15, 0.2) is 22.7 Å². The predicted octanol–water partition coefficient (Wildman–Crippen LogP) is 3.40. The lowest BCUT2D eigenvalue weighted by atomic mass is 9.75. The second-order valence-corrected chi connectivity index (χ2v) is 6.91. The summed E-state index contributed by atoms with van der Waals surface area (Å²) in [4.78, 5) is 24.0. The van der Waals surface area contributed by atoms with Crippen LogP contribution in [0.4, 0.5) is 10.5 Å². The number of hydrogen-bond acceptors (Lipinski definition) is 3. The molecule has 0 aliphatic carbocycles. The second kappa shape index (κ2) is 7.21. The number of rotatable bonds is 5. The van der Waals surface area contributed by atoms with Gasteiger partial charge in [0.15, 0.2) is 0 Å². The molecule has 1 aromatic rings. The minimum atomic E-state index is -0.979. The number of likely N-dealkylation sites (tertiary alicyclic amines) is 1. The smallest absolute Gasteiger partial charge is 0.407 e. The lowest BCUT2D eigenvalue weighted by Gasteiger charge is -2.37. The van der Waals surface area contributed by atoms with Crippen LogP contribution in [-0.2, 0) is 4.79 Å². The van der Waals surface area contributed by atoms with E-state index in [1.165, 1.54) is 4.90 Å². The van der Waals surface area contributed by atoms with Crippen molar-refractivity contribution in [3.05, 3.63) is 28.2 Å². The van der Waals surface area contributed by atoms with Crippen LogP contribution in [0.3, 0.4) is 0 Å². The first-order chi connectivity index (χ1) is 10.8. The number of benzene rings is 1. The summed E-state index contributed by atoms with van der Waals surface area (Å²) >= 11 is 3.41. The molecule has 1 saturated heterocycles. The van der Waals surface area contributed by atoms with Gasteiger partial charge in [-0.05, 0) is 49.9 Å². The average molecular weight is 385 g/mol. The van der Waals surface area contributed by atoms with Crippen molar-refractivity contribution in [1.29, 1.82) is 0 Å². The zero-order chi connectivity index (χ0) is 17.0. The fourth-order valence-electron chi connectivity index (χ4n) is 2.96. The molecule has 1 aliphatic heterocycles. The molecule has 2 rings (SSSR count). The van der Waals surface area contributed by atoms with E-state index in [1.54, 1.807) is 0 Å². The highest BCUT2D eigenvalue weighted by Gasteiger charge is 2.41. The van der Waals surface area contributed by atoms with E-state index in [1.807, 2.05) is 25.1 Å². The van der Waals surface area contributed by atoms with Crippen molar-refractivity contribution in [2.24, 2.45) is 5.41 Å². The van der Waals surface area contributed by atoms with Gasteiger partial charge in [0.2, 0.25) is 0 Å². The summed E-state index contributed by atoms with van der Waals surface area (Å²) in [5.41, 5.74) is 1.23. The van der Waals surface area contributed by atoms with Crippen LogP contribution in [-0.4, -0.2) is 46.8 Å². The highest BCUT2D eigenvalue weighted by atomic mass is 79.9. The van der Waals surface area contributed by atoms with Crippen molar-refractivity contribution in [3.8, 4) is 0 Å². The third-order valence-corrected chi connectivity index (χ3v) is 5.05. The van der Waals surface area contributed by atoms with Gasteiger partial charge in [0.05, 0.1) is 5.41 Å². The summed E-state index contributed by atoms with van der Waals surface area (Å²) in [5, 5.41) is 21.9. The summed E-state index contributed by atoms with van der Waals surface area (Å²) < 4.78 is 1.00. The molecular formula is C16H21BrN2O4. The van der Waals surface area contributed by atoms with Crippen LogP contribution in [0.2, 0.25) is 0 Å². The number of halogens is 1. The molecule has 0 radical (unpaired) electrons. The molecule has 1 aromatic carbocycles. The summed E-state index contributed by atoms with van der Waals surface area (Å²) in [5.74, 6) is -0.836. The van der Waals surface area contributed by atoms with Gasteiger partial charge in [-0.3, -0.25) is 4.79 Å². The summed E-state index contributed by atoms with van der Waals surface area (Å²) in [7, 11) is 0. The maximum Gasteiger partial charge on any atom is 0.407 e. The summed E-state index contributed by atoms with van der Waals surface area (Å²) in [6.07, 6.45) is 0.212. The normalized spacial score (nSPS) is 16.9. The molecule has 1 fully saturated rings. The maximum absolute atomic E-state index is 11.7. The van der Waals surface area contributed by atoms with Crippen molar-refractivity contribution in [3.63, 3.8) is 0 Å². The lowest BCUT2D eigenvalue weighted by molar-refractivity contribution is -0.152. The fraction of sp³-hybridized carbons (Fsp3) is 0.500. The van der Waals surface area contributed by atoms with Crippen LogP contribution in [0.25, 0.3) is 0 Å². The van der Waals surface area contributed by atoms with Crippen molar-refractivity contribution in [1.82, 2.24) is 4.90 Å². The largest absolute Gasteiger partial charge is 0.481 e. The van der Waals surface area contributed by atoms with Gasteiger partial charge < -0.3 is 20.4 Å². The SMILES string of the molecule is Cc1cc(Br)ccc1NCCC1(C(=O)O)CCN(C(=O)O)CC1. The molecule has 3 N–H and O–H groups in total. The number of nitrogens with one attached hydrogen (secondary N) is 1. The minimum absolute atomic E-state index is 0.277. The Morgan fingerprint density at radius 3 is 2.48 bits per heavy atom. The molecule has 0 unspecified atom stereocenters. The quantitative estimate of drug-likeness (QED) is 0.723. The average Bonchev–Trinajstić information content (AvgIpc) is 2.49. The van der Waals surface area contributed by atoms with E-state index in [9.17, 15) is 14.7 Å². The standard InChI is InChI=1S/C16H21BrN2O4/c1-11-10-12(17)2-3-13(11)18-7-4-16(14(20)21)5-8-19(9-6-16)15(22)23/h2-3,10,18H,4-9H2,1H3,(H,20,21)(H,22,23). The third kappa shape index (κ3) is 4.16. The minimum Gasteiger partial charge on any atom is -0.481 e. The van der Waals surface area contributed by atoms with E-state index in [2.05, 4.69) is 21.2 Å². The van der Waals surface area contributed by atoms with E-state index in [-0.39, 0.29) is 13.1 Å². The first kappa shape index (κ1) is 17.6. The second-order valence-electron chi connectivity index (χ2n) is 5.99. The van der Waals surface area contributed by atoms with Crippen LogP contribution in [0.5, 0.6) is 0 Å². The van der Waals surface area contributed by atoms with Crippen molar-refractivity contribution >= 4 is 33.7 Å². The molecule has 0 spiro atoms. The zero-order valence-electron chi connectivity index (χ0n) is 13.0. The molecule has 126 valence electrons. The van der Waals surface area contributed by atoms with Gasteiger partial charge in [-0.2, -0.15) is 0 Å². The number of hydrogen-bond donors (Lipinski definition) is 3. The van der Waals surface area contributed by atoms with Gasteiger partial charge in [0.25, 0.3) is 0 Å². The van der Waals surface area contributed by atoms with E-state index in [0.717, 1.165) is 15.7 Å². The summed E-state index contributed by atoms with van der Waals surface area (Å²) in [6.45, 7) is 3.09. The monoisotopic (exact) mass is 384 g/mol. The Labute approximate surface area is 143 Å². The Morgan fingerprint density at radius 2 is 1.96 bits per heavy atom. The van der Waals surface area contributed by atoms with Crippen molar-refractivity contribution in [2.45, 2.75) is 26.2 Å². The number of carboxylic acid groups (broad SMARTS) is 2. The van der Waals surface area contributed by atoms with Crippen LogP contribution >= 0.6 is 15.9 Å². The zero-order valence-corrected chi connectivity index (χ0v) is 14.6. The Morgan fingerprint density at radius 1 is 1.30 bits per heavy atom. The summed E-state index contributed by atoms with van der Waals surface area (Å²) in [6, 6.07) is 5.90. The Kier molecular flexibility index (Phi) is 5.51. The van der Waals surface area contributed by atoms with Crippen LogP contribution < -0.4 is 5.32 Å². The number of anilines is 1. The van der Waals surface area contributed by atoms with Gasteiger partial charge in [-0.25, -0.2) is 4.79 Å². The van der Waals surface area contributed by atoms with E-state index in [4.69, 9.17) is 5.11 Å². The van der Waals surface area contributed by atoms with Gasteiger partial charge >= 0.3 is 12.1 Å². The number of carbonyl (C=O) groups is 2.